The van der Waals surface area contributed by atoms with E-state index >= 15 is 0 Å². The van der Waals surface area contributed by atoms with Crippen LogP contribution in [0.4, 0.5) is 0 Å². The van der Waals surface area contributed by atoms with Crippen LogP contribution in [0.1, 0.15) is 51.7 Å². The first-order valence-corrected chi connectivity index (χ1v) is 6.91. The molecule has 2 heteroatoms. The summed E-state index contributed by atoms with van der Waals surface area (Å²) in [5.41, 5.74) is 2.84. The van der Waals surface area contributed by atoms with Crippen molar-refractivity contribution in [2.75, 3.05) is 6.54 Å². The lowest BCUT2D eigenvalue weighted by molar-refractivity contribution is 0.160. The minimum Gasteiger partial charge on any atom is -0.392 e. The molecule has 1 unspecified atom stereocenters. The maximum atomic E-state index is 9.62. The second-order valence-electron chi connectivity index (χ2n) is 6.02. The Morgan fingerprint density at radius 2 is 1.78 bits per heavy atom. The van der Waals surface area contributed by atoms with Gasteiger partial charge >= 0.3 is 0 Å². The number of nitrogens with one attached hydrogen (secondary N) is 1. The Kier molecular flexibility index (Phi) is 5.83. The highest BCUT2D eigenvalue weighted by molar-refractivity contribution is 5.27. The summed E-state index contributed by atoms with van der Waals surface area (Å²) in [4.78, 5) is 0. The van der Waals surface area contributed by atoms with Gasteiger partial charge in [0.1, 0.15) is 0 Å². The maximum absolute atomic E-state index is 9.62. The van der Waals surface area contributed by atoms with Crippen LogP contribution < -0.4 is 5.32 Å². The van der Waals surface area contributed by atoms with Crippen LogP contribution in [0.3, 0.4) is 0 Å². The summed E-state index contributed by atoms with van der Waals surface area (Å²) in [6.45, 7) is 10.3. The molecule has 0 radical (unpaired) electrons. The van der Waals surface area contributed by atoms with Gasteiger partial charge in [0.25, 0.3) is 0 Å². The molecule has 0 aliphatic rings. The molecule has 1 aromatic carbocycles. The molecule has 0 aromatic heterocycles. The topological polar surface area (TPSA) is 32.3 Å². The number of hydrogen-bond acceptors (Lipinski definition) is 2. The Bertz CT molecular complexity index is 337. The molecule has 1 aromatic rings. The number of hydrogen-bond donors (Lipinski definition) is 2. The third-order valence-electron chi connectivity index (χ3n) is 3.15. The fourth-order valence-corrected chi connectivity index (χ4v) is 1.94. The second-order valence-corrected chi connectivity index (χ2v) is 6.02. The highest BCUT2D eigenvalue weighted by atomic mass is 16.3. The van der Waals surface area contributed by atoms with Crippen LogP contribution >= 0.6 is 0 Å². The third kappa shape index (κ3) is 5.19. The van der Waals surface area contributed by atoms with Gasteiger partial charge in [0.05, 0.1) is 6.10 Å². The van der Waals surface area contributed by atoms with E-state index in [1.807, 2.05) is 0 Å². The van der Waals surface area contributed by atoms with Crippen molar-refractivity contribution in [3.63, 3.8) is 0 Å². The van der Waals surface area contributed by atoms with Gasteiger partial charge in [-0.05, 0) is 23.0 Å². The lowest BCUT2D eigenvalue weighted by atomic mass is 9.87. The zero-order chi connectivity index (χ0) is 13.6. The SMILES string of the molecule is CCCC(O)CNCc1ccc(C(C)(C)C)cc1. The summed E-state index contributed by atoms with van der Waals surface area (Å²) >= 11 is 0. The molecule has 0 bridgehead atoms. The van der Waals surface area contributed by atoms with Crippen molar-refractivity contribution in [3.05, 3.63) is 35.4 Å². The van der Waals surface area contributed by atoms with E-state index in [9.17, 15) is 5.11 Å². The van der Waals surface area contributed by atoms with Crippen molar-refractivity contribution in [3.8, 4) is 0 Å². The maximum Gasteiger partial charge on any atom is 0.0664 e. The van der Waals surface area contributed by atoms with Crippen molar-refractivity contribution < 1.29 is 5.11 Å². The molecule has 0 saturated carbocycles. The van der Waals surface area contributed by atoms with Crippen LogP contribution in [0.2, 0.25) is 0 Å². The predicted molar refractivity (Wildman–Crippen MR) is 77.8 cm³/mol. The third-order valence-corrected chi connectivity index (χ3v) is 3.15. The monoisotopic (exact) mass is 249 g/mol. The molecule has 1 rings (SSSR count). The van der Waals surface area contributed by atoms with Crippen LogP contribution in [-0.4, -0.2) is 17.8 Å². The van der Waals surface area contributed by atoms with E-state index in [0.29, 0.717) is 6.54 Å². The average molecular weight is 249 g/mol. The first kappa shape index (κ1) is 15.2. The molecular weight excluding hydrogens is 222 g/mol. The summed E-state index contributed by atoms with van der Waals surface area (Å²) in [6, 6.07) is 8.72. The molecular formula is C16H27NO. The molecule has 0 aliphatic carbocycles. The van der Waals surface area contributed by atoms with E-state index < -0.39 is 0 Å². The molecule has 102 valence electrons. The van der Waals surface area contributed by atoms with Crippen LogP contribution in [0.5, 0.6) is 0 Å². The van der Waals surface area contributed by atoms with Crippen LogP contribution in [0.15, 0.2) is 24.3 Å². The molecule has 0 heterocycles. The van der Waals surface area contributed by atoms with E-state index in [1.54, 1.807) is 0 Å². The zero-order valence-electron chi connectivity index (χ0n) is 12.2. The first-order valence-electron chi connectivity index (χ1n) is 6.91. The van der Waals surface area contributed by atoms with E-state index in [4.69, 9.17) is 0 Å². The van der Waals surface area contributed by atoms with E-state index in [0.717, 1.165) is 19.4 Å². The quantitative estimate of drug-likeness (QED) is 0.811. The van der Waals surface area contributed by atoms with Gasteiger partial charge in [-0.1, -0.05) is 58.4 Å². The molecule has 0 amide bonds. The highest BCUT2D eigenvalue weighted by Crippen LogP contribution is 2.22. The summed E-state index contributed by atoms with van der Waals surface area (Å²) in [5.74, 6) is 0. The summed E-state index contributed by atoms with van der Waals surface area (Å²) in [5, 5.41) is 12.9. The number of aliphatic hydroxyl groups is 1. The van der Waals surface area contributed by atoms with Crippen molar-refractivity contribution in [2.45, 2.75) is 58.6 Å². The fraction of sp³-hybridized carbons (Fsp3) is 0.625. The number of rotatable bonds is 6. The standard InChI is InChI=1S/C16H27NO/c1-5-6-15(18)12-17-11-13-7-9-14(10-8-13)16(2,3)4/h7-10,15,17-18H,5-6,11-12H2,1-4H3. The largest absolute Gasteiger partial charge is 0.392 e. The van der Waals surface area contributed by atoms with Crippen molar-refractivity contribution in [1.82, 2.24) is 5.32 Å². The Hall–Kier alpha value is -0.860. The van der Waals surface area contributed by atoms with Gasteiger partial charge in [-0.3, -0.25) is 0 Å². The predicted octanol–water partition coefficient (Wildman–Crippen LogP) is 3.23. The fourth-order valence-electron chi connectivity index (χ4n) is 1.94. The lowest BCUT2D eigenvalue weighted by Crippen LogP contribution is -2.26. The van der Waals surface area contributed by atoms with Gasteiger partial charge in [-0.2, -0.15) is 0 Å². The summed E-state index contributed by atoms with van der Waals surface area (Å²) in [7, 11) is 0. The number of benzene rings is 1. The van der Waals surface area contributed by atoms with E-state index in [2.05, 4.69) is 57.3 Å². The Morgan fingerprint density at radius 1 is 1.17 bits per heavy atom. The van der Waals surface area contributed by atoms with Crippen molar-refractivity contribution in [1.29, 1.82) is 0 Å². The highest BCUT2D eigenvalue weighted by Gasteiger charge is 2.12. The second kappa shape index (κ2) is 6.91. The zero-order valence-corrected chi connectivity index (χ0v) is 12.2. The van der Waals surface area contributed by atoms with Crippen LogP contribution in [0.25, 0.3) is 0 Å². The van der Waals surface area contributed by atoms with Gasteiger partial charge in [0.15, 0.2) is 0 Å². The number of aliphatic hydroxyl groups excluding tert-OH is 1. The smallest absolute Gasteiger partial charge is 0.0664 e. The normalized spacial score (nSPS) is 13.6. The average Bonchev–Trinajstić information content (AvgIpc) is 2.29. The molecule has 2 nitrogen and oxygen atoms in total. The van der Waals surface area contributed by atoms with Crippen LogP contribution in [0, 0.1) is 0 Å². The van der Waals surface area contributed by atoms with Crippen molar-refractivity contribution >= 4 is 0 Å². The summed E-state index contributed by atoms with van der Waals surface area (Å²) < 4.78 is 0. The Morgan fingerprint density at radius 3 is 2.28 bits per heavy atom. The van der Waals surface area contributed by atoms with Crippen molar-refractivity contribution in [2.24, 2.45) is 0 Å². The molecule has 0 spiro atoms. The minimum atomic E-state index is -0.219. The lowest BCUT2D eigenvalue weighted by Gasteiger charge is -2.19. The van der Waals surface area contributed by atoms with Gasteiger partial charge < -0.3 is 10.4 Å². The van der Waals surface area contributed by atoms with Gasteiger partial charge in [-0.25, -0.2) is 0 Å². The van der Waals surface area contributed by atoms with Gasteiger partial charge in [-0.15, -0.1) is 0 Å². The molecule has 0 aliphatic heterocycles. The van der Waals surface area contributed by atoms with E-state index in [1.165, 1.54) is 11.1 Å². The van der Waals surface area contributed by atoms with Crippen LogP contribution in [-0.2, 0) is 12.0 Å². The molecule has 2 N–H and O–H groups in total. The van der Waals surface area contributed by atoms with Gasteiger partial charge in [0.2, 0.25) is 0 Å². The Labute approximate surface area is 111 Å². The molecule has 0 saturated heterocycles. The minimum absolute atomic E-state index is 0.212. The summed E-state index contributed by atoms with van der Waals surface area (Å²) in [6.07, 6.45) is 1.68. The molecule has 1 atom stereocenters. The first-order chi connectivity index (χ1) is 8.43. The van der Waals surface area contributed by atoms with E-state index in [-0.39, 0.29) is 11.5 Å². The Balaban J connectivity index is 2.40. The molecule has 18 heavy (non-hydrogen) atoms. The van der Waals surface area contributed by atoms with Gasteiger partial charge in [0, 0.05) is 13.1 Å². The molecule has 0 fully saturated rings.